The number of aromatic amines is 1. The van der Waals surface area contributed by atoms with E-state index >= 15 is 0 Å². The van der Waals surface area contributed by atoms with Gasteiger partial charge in [0.25, 0.3) is 0 Å². The molecule has 2 heterocycles. The van der Waals surface area contributed by atoms with Crippen molar-refractivity contribution in [1.29, 1.82) is 0 Å². The molecule has 1 aromatic heterocycles. The van der Waals surface area contributed by atoms with Gasteiger partial charge in [0.1, 0.15) is 11.9 Å². The van der Waals surface area contributed by atoms with Crippen molar-refractivity contribution in [2.75, 3.05) is 13.7 Å². The SMILES string of the molecule is COC(=O)NC(C(=O)N1CCC[C@H]1c1ncc(-c2ccc(I)c(Sc3ccccc3)c2)[nH]1)C(C)C. The largest absolute Gasteiger partial charge is 0.453 e. The molecule has 2 N–H and O–H groups in total. The van der Waals surface area contributed by atoms with Crippen LogP contribution in [0.5, 0.6) is 0 Å². The standard InChI is InChI=1S/C26H29IN4O3S/c1-16(2)23(30-26(33)34-3)25(32)31-13-7-10-21(31)24-28-15-20(29-24)17-11-12-19(27)22(14-17)35-18-8-5-4-6-9-18/h4-6,8-9,11-12,14-16,21,23H,7,10,13H2,1-3H3,(H,28,29)(H,30,33)/t21-,23?/m0/s1. The van der Waals surface area contributed by atoms with Gasteiger partial charge in [-0.2, -0.15) is 0 Å². The molecule has 184 valence electrons. The number of rotatable bonds is 7. The summed E-state index contributed by atoms with van der Waals surface area (Å²) in [5, 5.41) is 2.69. The lowest BCUT2D eigenvalue weighted by atomic mass is 10.0. The van der Waals surface area contributed by atoms with Crippen molar-refractivity contribution in [3.8, 4) is 11.3 Å². The Hall–Kier alpha value is -2.53. The van der Waals surface area contributed by atoms with Gasteiger partial charge in [-0.25, -0.2) is 9.78 Å². The van der Waals surface area contributed by atoms with Crippen molar-refractivity contribution in [3.05, 3.63) is 64.1 Å². The molecular weight excluding hydrogens is 575 g/mol. The maximum absolute atomic E-state index is 13.4. The first-order valence-corrected chi connectivity index (χ1v) is 13.5. The number of halogens is 1. The third kappa shape index (κ3) is 6.00. The maximum Gasteiger partial charge on any atom is 0.407 e. The summed E-state index contributed by atoms with van der Waals surface area (Å²) in [7, 11) is 1.30. The number of methoxy groups -OCH3 is 1. The van der Waals surface area contributed by atoms with Crippen LogP contribution < -0.4 is 5.32 Å². The molecule has 9 heteroatoms. The minimum Gasteiger partial charge on any atom is -0.453 e. The smallest absolute Gasteiger partial charge is 0.407 e. The molecule has 0 saturated carbocycles. The third-order valence-electron chi connectivity index (χ3n) is 6.05. The molecular formula is C26H29IN4O3S. The second-order valence-electron chi connectivity index (χ2n) is 8.79. The summed E-state index contributed by atoms with van der Waals surface area (Å²) in [5.41, 5.74) is 1.96. The summed E-state index contributed by atoms with van der Waals surface area (Å²) in [5.74, 6) is 0.589. The van der Waals surface area contributed by atoms with Crippen molar-refractivity contribution < 1.29 is 14.3 Å². The Kier molecular flexibility index (Phi) is 8.38. The molecule has 3 aromatic rings. The Balaban J connectivity index is 1.54. The van der Waals surface area contributed by atoms with E-state index in [0.717, 1.165) is 29.9 Å². The Bertz CT molecular complexity index is 1180. The van der Waals surface area contributed by atoms with Crippen molar-refractivity contribution in [1.82, 2.24) is 20.2 Å². The Morgan fingerprint density at radius 1 is 1.23 bits per heavy atom. The second kappa shape index (κ2) is 11.5. The van der Waals surface area contributed by atoms with E-state index in [4.69, 9.17) is 4.74 Å². The first-order chi connectivity index (χ1) is 16.9. The van der Waals surface area contributed by atoms with Crippen LogP contribution in [0.15, 0.2) is 64.5 Å². The van der Waals surface area contributed by atoms with Crippen LogP contribution in [0.3, 0.4) is 0 Å². The van der Waals surface area contributed by atoms with E-state index < -0.39 is 12.1 Å². The average Bonchev–Trinajstić information content (AvgIpc) is 3.53. The molecule has 1 saturated heterocycles. The van der Waals surface area contributed by atoms with Crippen LogP contribution in [-0.2, 0) is 9.53 Å². The van der Waals surface area contributed by atoms with Crippen LogP contribution in [0.2, 0.25) is 0 Å². The fourth-order valence-corrected chi connectivity index (χ4v) is 5.77. The van der Waals surface area contributed by atoms with Crippen LogP contribution in [-0.4, -0.2) is 46.6 Å². The summed E-state index contributed by atoms with van der Waals surface area (Å²) < 4.78 is 5.91. The molecule has 0 aliphatic carbocycles. The van der Waals surface area contributed by atoms with E-state index in [2.05, 4.69) is 68.2 Å². The molecule has 2 aromatic carbocycles. The first kappa shape index (κ1) is 25.6. The van der Waals surface area contributed by atoms with Gasteiger partial charge in [0.15, 0.2) is 0 Å². The minimum absolute atomic E-state index is 0.0673. The van der Waals surface area contributed by atoms with Crippen LogP contribution in [0, 0.1) is 9.49 Å². The summed E-state index contributed by atoms with van der Waals surface area (Å²) in [6, 6.07) is 15.9. The lowest BCUT2D eigenvalue weighted by Gasteiger charge is -2.30. The lowest BCUT2D eigenvalue weighted by Crippen LogP contribution is -2.51. The summed E-state index contributed by atoms with van der Waals surface area (Å²) in [6.07, 6.45) is 2.94. The molecule has 35 heavy (non-hydrogen) atoms. The number of imidazole rings is 1. The predicted octanol–water partition coefficient (Wildman–Crippen LogP) is 5.88. The number of benzene rings is 2. The summed E-state index contributed by atoms with van der Waals surface area (Å²) in [6.45, 7) is 4.46. The number of carbonyl (C=O) groups excluding carboxylic acids is 2. The van der Waals surface area contributed by atoms with Gasteiger partial charge in [0, 0.05) is 25.5 Å². The van der Waals surface area contributed by atoms with Gasteiger partial charge in [0.05, 0.1) is 25.0 Å². The summed E-state index contributed by atoms with van der Waals surface area (Å²) >= 11 is 4.09. The van der Waals surface area contributed by atoms with Gasteiger partial charge < -0.3 is 19.9 Å². The number of H-pyrrole nitrogens is 1. The number of aromatic nitrogens is 2. The van der Waals surface area contributed by atoms with E-state index in [1.54, 1.807) is 11.8 Å². The second-order valence-corrected chi connectivity index (χ2v) is 11.1. The number of hydrogen-bond donors (Lipinski definition) is 2. The predicted molar refractivity (Wildman–Crippen MR) is 145 cm³/mol. The van der Waals surface area contributed by atoms with Gasteiger partial charge in [-0.1, -0.05) is 49.9 Å². The molecule has 1 fully saturated rings. The molecule has 1 aliphatic heterocycles. The number of likely N-dealkylation sites (tertiary alicyclic amines) is 1. The number of ether oxygens (including phenoxy) is 1. The molecule has 7 nitrogen and oxygen atoms in total. The zero-order chi connectivity index (χ0) is 24.9. The van der Waals surface area contributed by atoms with Gasteiger partial charge in [0.2, 0.25) is 5.91 Å². The van der Waals surface area contributed by atoms with Crippen LogP contribution in [0.25, 0.3) is 11.3 Å². The number of hydrogen-bond acceptors (Lipinski definition) is 5. The van der Waals surface area contributed by atoms with Crippen molar-refractivity contribution in [2.24, 2.45) is 5.92 Å². The Morgan fingerprint density at radius 3 is 2.71 bits per heavy atom. The maximum atomic E-state index is 13.4. The first-order valence-electron chi connectivity index (χ1n) is 11.6. The van der Waals surface area contributed by atoms with E-state index in [1.165, 1.54) is 20.5 Å². The summed E-state index contributed by atoms with van der Waals surface area (Å²) in [4.78, 5) is 37.5. The molecule has 4 rings (SSSR count). The average molecular weight is 605 g/mol. The normalized spacial score (nSPS) is 16.4. The number of carbonyl (C=O) groups is 2. The van der Waals surface area contributed by atoms with Gasteiger partial charge in [-0.05, 0) is 65.6 Å². The molecule has 1 unspecified atom stereocenters. The van der Waals surface area contributed by atoms with Gasteiger partial charge >= 0.3 is 6.09 Å². The third-order valence-corrected chi connectivity index (χ3v) is 8.42. The molecule has 0 spiro atoms. The number of alkyl carbamates (subject to hydrolysis) is 1. The Labute approximate surface area is 223 Å². The van der Waals surface area contributed by atoms with Crippen LogP contribution >= 0.6 is 34.4 Å². The van der Waals surface area contributed by atoms with Crippen LogP contribution in [0.1, 0.15) is 38.6 Å². The van der Waals surface area contributed by atoms with E-state index in [-0.39, 0.29) is 17.9 Å². The van der Waals surface area contributed by atoms with Crippen molar-refractivity contribution in [2.45, 2.75) is 48.6 Å². The fraction of sp³-hybridized carbons (Fsp3) is 0.346. The van der Waals surface area contributed by atoms with E-state index in [0.29, 0.717) is 6.54 Å². The quantitative estimate of drug-likeness (QED) is 0.329. The number of nitrogens with one attached hydrogen (secondary N) is 2. The zero-order valence-electron chi connectivity index (χ0n) is 20.0. The highest BCUT2D eigenvalue weighted by Gasteiger charge is 2.37. The highest BCUT2D eigenvalue weighted by Crippen LogP contribution is 2.36. The zero-order valence-corrected chi connectivity index (χ0v) is 22.9. The van der Waals surface area contributed by atoms with Crippen molar-refractivity contribution >= 4 is 46.4 Å². The lowest BCUT2D eigenvalue weighted by molar-refractivity contribution is -0.135. The molecule has 2 atom stereocenters. The molecule has 1 aliphatic rings. The van der Waals surface area contributed by atoms with Gasteiger partial charge in [-0.15, -0.1) is 0 Å². The van der Waals surface area contributed by atoms with Gasteiger partial charge in [-0.3, -0.25) is 4.79 Å². The highest BCUT2D eigenvalue weighted by molar-refractivity contribution is 14.1. The molecule has 2 amide bonds. The monoisotopic (exact) mass is 604 g/mol. The van der Waals surface area contributed by atoms with Crippen LogP contribution in [0.4, 0.5) is 4.79 Å². The molecule has 0 radical (unpaired) electrons. The highest BCUT2D eigenvalue weighted by atomic mass is 127. The fourth-order valence-electron chi connectivity index (χ4n) is 4.21. The topological polar surface area (TPSA) is 87.3 Å². The Morgan fingerprint density at radius 2 is 2.00 bits per heavy atom. The van der Waals surface area contributed by atoms with E-state index in [1.807, 2.05) is 43.1 Å². The number of amides is 2. The van der Waals surface area contributed by atoms with E-state index in [9.17, 15) is 9.59 Å². The number of nitrogens with zero attached hydrogens (tertiary/aromatic N) is 2. The van der Waals surface area contributed by atoms with Crippen molar-refractivity contribution in [3.63, 3.8) is 0 Å². The molecule has 0 bridgehead atoms. The minimum atomic E-state index is -0.647.